The fourth-order valence-electron chi connectivity index (χ4n) is 11.4. The summed E-state index contributed by atoms with van der Waals surface area (Å²) in [6, 6.07) is -0.545. The lowest BCUT2D eigenvalue weighted by atomic mass is 10.0. The molecule has 0 spiro atoms. The van der Waals surface area contributed by atoms with Crippen molar-refractivity contribution in [3.63, 3.8) is 0 Å². The summed E-state index contributed by atoms with van der Waals surface area (Å²) in [5.74, 6) is -0.0177. The minimum atomic E-state index is -0.667. The largest absolute Gasteiger partial charge is 0.466 e. The van der Waals surface area contributed by atoms with E-state index in [0.29, 0.717) is 25.9 Å². The molecule has 0 aromatic heterocycles. The maximum atomic E-state index is 12.5. The molecular formula is C71H139NO5. The summed E-state index contributed by atoms with van der Waals surface area (Å²) in [4.78, 5) is 24.6. The smallest absolute Gasteiger partial charge is 0.305 e. The van der Waals surface area contributed by atoms with Crippen molar-refractivity contribution in [2.75, 3.05) is 13.2 Å². The van der Waals surface area contributed by atoms with Crippen molar-refractivity contribution in [3.05, 3.63) is 12.2 Å². The highest BCUT2D eigenvalue weighted by atomic mass is 16.5. The van der Waals surface area contributed by atoms with Crippen molar-refractivity contribution in [3.8, 4) is 0 Å². The van der Waals surface area contributed by atoms with Crippen LogP contribution in [-0.2, 0) is 14.3 Å². The van der Waals surface area contributed by atoms with Crippen LogP contribution >= 0.6 is 0 Å². The van der Waals surface area contributed by atoms with E-state index in [1.165, 1.54) is 334 Å². The fraction of sp³-hybridized carbons (Fsp3) is 0.944. The Balaban J connectivity index is 3.38. The van der Waals surface area contributed by atoms with E-state index in [2.05, 4.69) is 31.3 Å². The van der Waals surface area contributed by atoms with E-state index >= 15 is 0 Å². The third kappa shape index (κ3) is 63.6. The average Bonchev–Trinajstić information content (AvgIpc) is 3.43. The van der Waals surface area contributed by atoms with E-state index < -0.39 is 12.1 Å². The molecule has 3 N–H and O–H groups in total. The zero-order chi connectivity index (χ0) is 55.7. The number of hydrogen-bond donors (Lipinski definition) is 3. The molecule has 0 aliphatic heterocycles. The SMILES string of the molecule is CCCCCCCCCCCCCCCCCCCCCCC(O)C(CO)NC(=O)CCCCCCCCCC/C=C\CCCCCCCCCCCCCCOC(=O)CCCCCCCCCCCCCCCCCC. The van der Waals surface area contributed by atoms with E-state index in [4.69, 9.17) is 4.74 Å². The summed E-state index contributed by atoms with van der Waals surface area (Å²) in [6.07, 6.45) is 82.5. The Hall–Kier alpha value is -1.40. The molecule has 0 aromatic carbocycles. The zero-order valence-corrected chi connectivity index (χ0v) is 52.5. The number of carbonyl (C=O) groups is 2. The number of hydrogen-bond acceptors (Lipinski definition) is 5. The second-order valence-electron chi connectivity index (χ2n) is 24.6. The summed E-state index contributed by atoms with van der Waals surface area (Å²) >= 11 is 0. The van der Waals surface area contributed by atoms with E-state index in [0.717, 1.165) is 38.5 Å². The number of nitrogens with one attached hydrogen (secondary N) is 1. The van der Waals surface area contributed by atoms with Gasteiger partial charge >= 0.3 is 5.97 Å². The van der Waals surface area contributed by atoms with Gasteiger partial charge in [0.15, 0.2) is 0 Å². The van der Waals surface area contributed by atoms with Crippen molar-refractivity contribution in [1.82, 2.24) is 5.32 Å². The van der Waals surface area contributed by atoms with Crippen LogP contribution in [0.5, 0.6) is 0 Å². The molecule has 6 nitrogen and oxygen atoms in total. The van der Waals surface area contributed by atoms with Gasteiger partial charge in [-0.2, -0.15) is 0 Å². The number of allylic oxidation sites excluding steroid dienone is 2. The van der Waals surface area contributed by atoms with Gasteiger partial charge in [-0.1, -0.05) is 353 Å². The third-order valence-corrected chi connectivity index (χ3v) is 16.8. The van der Waals surface area contributed by atoms with Crippen molar-refractivity contribution in [2.24, 2.45) is 0 Å². The van der Waals surface area contributed by atoms with Gasteiger partial charge in [0.1, 0.15) is 0 Å². The molecular weight excluding hydrogens is 947 g/mol. The Morgan fingerprint density at radius 1 is 0.351 bits per heavy atom. The summed E-state index contributed by atoms with van der Waals surface area (Å²) in [5.41, 5.74) is 0. The molecule has 0 radical (unpaired) electrons. The van der Waals surface area contributed by atoms with Gasteiger partial charge in [0, 0.05) is 12.8 Å². The normalized spacial score (nSPS) is 12.5. The molecule has 2 unspecified atom stereocenters. The number of aliphatic hydroxyl groups excluding tert-OH is 2. The second kappa shape index (κ2) is 67.1. The first kappa shape index (κ1) is 75.6. The van der Waals surface area contributed by atoms with E-state index in [9.17, 15) is 19.8 Å². The molecule has 77 heavy (non-hydrogen) atoms. The molecule has 458 valence electrons. The topological polar surface area (TPSA) is 95.9 Å². The van der Waals surface area contributed by atoms with Gasteiger partial charge in [-0.15, -0.1) is 0 Å². The van der Waals surface area contributed by atoms with Gasteiger partial charge in [0.25, 0.3) is 0 Å². The summed E-state index contributed by atoms with van der Waals surface area (Å²) < 4.78 is 5.50. The van der Waals surface area contributed by atoms with Crippen LogP contribution in [0.4, 0.5) is 0 Å². The predicted octanol–water partition coefficient (Wildman–Crippen LogP) is 22.8. The van der Waals surface area contributed by atoms with Crippen molar-refractivity contribution in [2.45, 2.75) is 418 Å². The minimum absolute atomic E-state index is 0.0172. The van der Waals surface area contributed by atoms with Gasteiger partial charge in [-0.3, -0.25) is 9.59 Å². The number of carbonyl (C=O) groups excluding carboxylic acids is 2. The molecule has 0 aliphatic carbocycles. The summed E-state index contributed by atoms with van der Waals surface area (Å²) in [5, 5.41) is 23.4. The molecule has 0 rings (SSSR count). The number of unbranched alkanes of at least 4 members (excludes halogenated alkanes) is 54. The molecule has 6 heteroatoms. The highest BCUT2D eigenvalue weighted by molar-refractivity contribution is 5.76. The lowest BCUT2D eigenvalue weighted by Gasteiger charge is -2.22. The molecule has 0 saturated carbocycles. The fourth-order valence-corrected chi connectivity index (χ4v) is 11.4. The minimum Gasteiger partial charge on any atom is -0.466 e. The Morgan fingerprint density at radius 3 is 0.922 bits per heavy atom. The molecule has 0 aliphatic rings. The predicted molar refractivity (Wildman–Crippen MR) is 338 cm³/mol. The molecule has 2 atom stereocenters. The highest BCUT2D eigenvalue weighted by Crippen LogP contribution is 2.19. The average molecular weight is 1090 g/mol. The van der Waals surface area contributed by atoms with Crippen molar-refractivity contribution >= 4 is 11.9 Å². The van der Waals surface area contributed by atoms with Crippen LogP contribution in [0.1, 0.15) is 406 Å². The first-order chi connectivity index (χ1) is 38.0. The van der Waals surface area contributed by atoms with E-state index in [1.807, 2.05) is 0 Å². The monoisotopic (exact) mass is 1090 g/mol. The lowest BCUT2D eigenvalue weighted by molar-refractivity contribution is -0.143. The second-order valence-corrected chi connectivity index (χ2v) is 24.6. The Bertz CT molecular complexity index is 1160. The maximum Gasteiger partial charge on any atom is 0.305 e. The quantitative estimate of drug-likeness (QED) is 0.0320. The van der Waals surface area contributed by atoms with E-state index in [-0.39, 0.29) is 18.5 Å². The summed E-state index contributed by atoms with van der Waals surface area (Å²) in [7, 11) is 0. The van der Waals surface area contributed by atoms with Gasteiger partial charge in [0.05, 0.1) is 25.4 Å². The summed E-state index contributed by atoms with van der Waals surface area (Å²) in [6.45, 7) is 5.00. The first-order valence-corrected chi connectivity index (χ1v) is 35.4. The molecule has 0 saturated heterocycles. The maximum absolute atomic E-state index is 12.5. The standard InChI is InChI=1S/C71H139NO5/c1-3-5-7-9-11-13-15-17-19-21-22-29-32-35-39-43-47-51-55-59-63-69(74)68(67-73)72-70(75)64-60-56-52-48-44-40-36-33-30-27-25-23-24-26-28-31-34-38-42-46-50-54-58-62-66-77-71(76)65-61-57-53-49-45-41-37-20-18-16-14-12-10-8-6-4-2/h25,27,68-69,73-74H,3-24,26,28-67H2,1-2H3,(H,72,75)/b27-25-. The van der Waals surface area contributed by atoms with Crippen LogP contribution in [0.15, 0.2) is 12.2 Å². The number of amides is 1. The number of esters is 1. The zero-order valence-electron chi connectivity index (χ0n) is 52.5. The molecule has 0 fully saturated rings. The van der Waals surface area contributed by atoms with Gasteiger partial charge < -0.3 is 20.3 Å². The van der Waals surface area contributed by atoms with Gasteiger partial charge in [-0.25, -0.2) is 0 Å². The number of rotatable bonds is 67. The highest BCUT2D eigenvalue weighted by Gasteiger charge is 2.20. The van der Waals surface area contributed by atoms with Gasteiger partial charge in [0.2, 0.25) is 5.91 Å². The lowest BCUT2D eigenvalue weighted by Crippen LogP contribution is -2.45. The van der Waals surface area contributed by atoms with Crippen molar-refractivity contribution < 1.29 is 24.5 Å². The Labute approximate surface area is 482 Å². The third-order valence-electron chi connectivity index (χ3n) is 16.8. The van der Waals surface area contributed by atoms with Crippen LogP contribution in [0.25, 0.3) is 0 Å². The molecule has 1 amide bonds. The van der Waals surface area contributed by atoms with Crippen LogP contribution in [0.3, 0.4) is 0 Å². The number of aliphatic hydroxyl groups is 2. The first-order valence-electron chi connectivity index (χ1n) is 35.4. The Kier molecular flexibility index (Phi) is 65.9. The Morgan fingerprint density at radius 2 is 0.610 bits per heavy atom. The van der Waals surface area contributed by atoms with Crippen LogP contribution in [0.2, 0.25) is 0 Å². The van der Waals surface area contributed by atoms with Crippen LogP contribution in [-0.4, -0.2) is 47.4 Å². The molecule has 0 heterocycles. The van der Waals surface area contributed by atoms with E-state index in [1.54, 1.807) is 0 Å². The molecule has 0 aromatic rings. The number of ether oxygens (including phenoxy) is 1. The van der Waals surface area contributed by atoms with Crippen LogP contribution in [0, 0.1) is 0 Å². The molecule has 0 bridgehead atoms. The van der Waals surface area contributed by atoms with Crippen LogP contribution < -0.4 is 5.32 Å². The van der Waals surface area contributed by atoms with Gasteiger partial charge in [-0.05, 0) is 51.4 Å². The van der Waals surface area contributed by atoms with Crippen molar-refractivity contribution in [1.29, 1.82) is 0 Å².